The van der Waals surface area contributed by atoms with Crippen molar-refractivity contribution in [3.05, 3.63) is 29.3 Å². The zero-order chi connectivity index (χ0) is 22.9. The van der Waals surface area contributed by atoms with Crippen LogP contribution in [0.4, 0.5) is 5.69 Å². The Hall–Kier alpha value is -2.90. The van der Waals surface area contributed by atoms with Crippen molar-refractivity contribution in [2.45, 2.75) is 59.2 Å². The van der Waals surface area contributed by atoms with Gasteiger partial charge in [-0.2, -0.15) is 0 Å². The van der Waals surface area contributed by atoms with E-state index in [4.69, 9.17) is 9.47 Å². The zero-order valence-electron chi connectivity index (χ0n) is 18.2. The minimum absolute atomic E-state index is 0.0159. The number of rotatable bonds is 7. The molecule has 4 atom stereocenters. The number of carbonyl (C=O) groups is 4. The molecule has 1 aromatic carbocycles. The van der Waals surface area contributed by atoms with Gasteiger partial charge in [-0.3, -0.25) is 9.59 Å². The van der Waals surface area contributed by atoms with E-state index in [2.05, 4.69) is 5.32 Å². The second kappa shape index (κ2) is 9.08. The molecule has 2 N–H and O–H groups in total. The van der Waals surface area contributed by atoms with Gasteiger partial charge in [0.1, 0.15) is 0 Å². The molecule has 2 fully saturated rings. The highest BCUT2D eigenvalue weighted by molar-refractivity contribution is 6.01. The maximum atomic E-state index is 13.0. The van der Waals surface area contributed by atoms with Crippen LogP contribution in [0.15, 0.2) is 18.2 Å². The maximum absolute atomic E-state index is 13.0. The largest absolute Gasteiger partial charge is 0.481 e. The lowest BCUT2D eigenvalue weighted by Gasteiger charge is -2.27. The molecule has 3 rings (SSSR count). The number of nitrogens with one attached hydrogen (secondary N) is 1. The number of hydrogen-bond donors (Lipinski definition) is 2. The van der Waals surface area contributed by atoms with Crippen LogP contribution < -0.4 is 5.32 Å². The molecule has 0 heterocycles. The number of aliphatic carboxylic acids is 1. The van der Waals surface area contributed by atoms with E-state index in [0.29, 0.717) is 0 Å². The number of ether oxygens (including phenoxy) is 2. The van der Waals surface area contributed by atoms with E-state index in [9.17, 15) is 24.3 Å². The Morgan fingerprint density at radius 3 is 1.81 bits per heavy atom. The van der Waals surface area contributed by atoms with Crippen molar-refractivity contribution in [1.29, 1.82) is 0 Å². The zero-order valence-corrected chi connectivity index (χ0v) is 18.2. The summed E-state index contributed by atoms with van der Waals surface area (Å²) >= 11 is 0. The molecule has 2 aliphatic rings. The standard InChI is InChI=1S/C23H29NO7/c1-11(2)30-22(28)15-8-16(23(29)31-12(3)4)10-17(9-15)24-20(25)18-13-5-6-14(7-13)19(18)21(26)27/h8-14,18-19H,5-7H2,1-4H3,(H,24,25)(H,26,27)/t13-,14+,18-,19+/m1/s1. The summed E-state index contributed by atoms with van der Waals surface area (Å²) in [5, 5.41) is 12.4. The van der Waals surface area contributed by atoms with Gasteiger partial charge >= 0.3 is 17.9 Å². The van der Waals surface area contributed by atoms with Crippen LogP contribution in [-0.2, 0) is 19.1 Å². The number of amides is 1. The molecule has 0 saturated heterocycles. The number of anilines is 1. The Kier molecular flexibility index (Phi) is 6.67. The molecule has 0 spiro atoms. The first-order valence-electron chi connectivity index (χ1n) is 10.7. The van der Waals surface area contributed by atoms with Crippen LogP contribution in [0.1, 0.15) is 67.7 Å². The van der Waals surface area contributed by atoms with Gasteiger partial charge in [-0.05, 0) is 77.0 Å². The van der Waals surface area contributed by atoms with E-state index in [1.54, 1.807) is 27.7 Å². The van der Waals surface area contributed by atoms with E-state index in [1.807, 2.05) is 0 Å². The molecule has 1 amide bonds. The van der Waals surface area contributed by atoms with Gasteiger partial charge in [0, 0.05) is 5.69 Å². The van der Waals surface area contributed by atoms with Crippen molar-refractivity contribution >= 4 is 29.5 Å². The molecule has 0 aromatic heterocycles. The molecule has 2 aliphatic carbocycles. The molecule has 0 aliphatic heterocycles. The first kappa shape index (κ1) is 22.8. The van der Waals surface area contributed by atoms with Crippen LogP contribution in [0.3, 0.4) is 0 Å². The second-order valence-electron chi connectivity index (χ2n) is 8.92. The number of esters is 2. The lowest BCUT2D eigenvalue weighted by molar-refractivity contribution is -0.148. The van der Waals surface area contributed by atoms with Crippen LogP contribution in [0.2, 0.25) is 0 Å². The molecular formula is C23H29NO7. The highest BCUT2D eigenvalue weighted by atomic mass is 16.5. The van der Waals surface area contributed by atoms with Gasteiger partial charge in [0.05, 0.1) is 35.2 Å². The maximum Gasteiger partial charge on any atom is 0.338 e. The average molecular weight is 431 g/mol. The van der Waals surface area contributed by atoms with Crippen molar-refractivity contribution in [1.82, 2.24) is 0 Å². The lowest BCUT2D eigenvalue weighted by atomic mass is 9.78. The predicted octanol–water partition coefficient (Wildman–Crippen LogP) is 3.50. The fourth-order valence-electron chi connectivity index (χ4n) is 4.75. The first-order valence-corrected chi connectivity index (χ1v) is 10.7. The van der Waals surface area contributed by atoms with Gasteiger partial charge in [-0.25, -0.2) is 9.59 Å². The van der Waals surface area contributed by atoms with Crippen LogP contribution in [0, 0.1) is 23.7 Å². The van der Waals surface area contributed by atoms with E-state index < -0.39 is 35.7 Å². The summed E-state index contributed by atoms with van der Waals surface area (Å²) < 4.78 is 10.4. The smallest absolute Gasteiger partial charge is 0.338 e. The van der Waals surface area contributed by atoms with E-state index in [0.717, 1.165) is 19.3 Å². The van der Waals surface area contributed by atoms with Gasteiger partial charge in [0.25, 0.3) is 0 Å². The van der Waals surface area contributed by atoms with Crippen LogP contribution in [0.25, 0.3) is 0 Å². The minimum Gasteiger partial charge on any atom is -0.481 e. The molecule has 0 unspecified atom stereocenters. The quantitative estimate of drug-likeness (QED) is 0.634. The molecule has 8 nitrogen and oxygen atoms in total. The van der Waals surface area contributed by atoms with Gasteiger partial charge < -0.3 is 19.9 Å². The van der Waals surface area contributed by atoms with Crippen molar-refractivity contribution in [2.24, 2.45) is 23.7 Å². The summed E-state index contributed by atoms with van der Waals surface area (Å²) in [6.07, 6.45) is 1.68. The Labute approximate surface area is 181 Å². The van der Waals surface area contributed by atoms with Crippen LogP contribution in [-0.4, -0.2) is 41.1 Å². The van der Waals surface area contributed by atoms with E-state index in [-0.39, 0.29) is 40.9 Å². The average Bonchev–Trinajstić information content (AvgIpc) is 3.28. The third kappa shape index (κ3) is 5.06. The first-order chi connectivity index (χ1) is 14.6. The van der Waals surface area contributed by atoms with Crippen molar-refractivity contribution in [2.75, 3.05) is 5.32 Å². The Morgan fingerprint density at radius 2 is 1.35 bits per heavy atom. The summed E-state index contributed by atoms with van der Waals surface area (Å²) in [4.78, 5) is 49.6. The molecule has 31 heavy (non-hydrogen) atoms. The number of carbonyl (C=O) groups excluding carboxylic acids is 3. The molecular weight excluding hydrogens is 402 g/mol. The summed E-state index contributed by atoms with van der Waals surface area (Å²) in [5.41, 5.74) is 0.431. The van der Waals surface area contributed by atoms with Crippen molar-refractivity contribution in [3.63, 3.8) is 0 Å². The van der Waals surface area contributed by atoms with Gasteiger partial charge in [-0.1, -0.05) is 0 Å². The topological polar surface area (TPSA) is 119 Å². The van der Waals surface area contributed by atoms with Gasteiger partial charge in [0.15, 0.2) is 0 Å². The highest BCUT2D eigenvalue weighted by Crippen LogP contribution is 2.52. The van der Waals surface area contributed by atoms with Crippen LogP contribution >= 0.6 is 0 Å². The predicted molar refractivity (Wildman–Crippen MR) is 112 cm³/mol. The number of carboxylic acids is 1. The monoisotopic (exact) mass is 431 g/mol. The fraction of sp³-hybridized carbons (Fsp3) is 0.565. The molecule has 2 saturated carbocycles. The molecule has 168 valence electrons. The van der Waals surface area contributed by atoms with Crippen LogP contribution in [0.5, 0.6) is 0 Å². The summed E-state index contributed by atoms with van der Waals surface area (Å²) in [7, 11) is 0. The third-order valence-corrected chi connectivity index (χ3v) is 5.86. The summed E-state index contributed by atoms with van der Waals surface area (Å²) in [6.45, 7) is 6.83. The number of benzene rings is 1. The normalized spacial score (nSPS) is 24.3. The minimum atomic E-state index is -0.956. The Balaban J connectivity index is 1.88. The number of fused-ring (bicyclic) bond motifs is 2. The summed E-state index contributed by atoms with van der Waals surface area (Å²) in [5.74, 6) is -3.92. The molecule has 0 radical (unpaired) electrons. The lowest BCUT2D eigenvalue weighted by Crippen LogP contribution is -2.37. The van der Waals surface area contributed by atoms with E-state index in [1.165, 1.54) is 18.2 Å². The SMILES string of the molecule is CC(C)OC(=O)c1cc(NC(=O)[C@@H]2[C@@H]3CC[C@@H](C3)[C@@H]2C(=O)O)cc(C(=O)OC(C)C)c1. The molecule has 2 bridgehead atoms. The summed E-state index contributed by atoms with van der Waals surface area (Å²) in [6, 6.07) is 4.22. The third-order valence-electron chi connectivity index (χ3n) is 5.86. The molecule has 8 heteroatoms. The van der Waals surface area contributed by atoms with Gasteiger partial charge in [-0.15, -0.1) is 0 Å². The van der Waals surface area contributed by atoms with Gasteiger partial charge in [0.2, 0.25) is 5.91 Å². The number of carboxylic acid groups (broad SMARTS) is 1. The highest BCUT2D eigenvalue weighted by Gasteiger charge is 2.54. The Bertz CT molecular complexity index is 852. The fourth-order valence-corrected chi connectivity index (χ4v) is 4.75. The molecule has 1 aromatic rings. The van der Waals surface area contributed by atoms with E-state index >= 15 is 0 Å². The van der Waals surface area contributed by atoms with Crippen molar-refractivity contribution in [3.8, 4) is 0 Å². The second-order valence-corrected chi connectivity index (χ2v) is 8.92. The van der Waals surface area contributed by atoms with Crippen molar-refractivity contribution < 1.29 is 33.8 Å². The Morgan fingerprint density at radius 1 is 0.871 bits per heavy atom. The number of hydrogen-bond acceptors (Lipinski definition) is 6.